The molecule has 0 aromatic heterocycles. The van der Waals surface area contributed by atoms with Crippen molar-refractivity contribution in [3.05, 3.63) is 35.9 Å². The molecule has 0 rings (SSSR count). The molecule has 0 aliphatic heterocycles. The Balaban J connectivity index is 4.88. The van der Waals surface area contributed by atoms with E-state index in [1.54, 1.807) is 19.9 Å². The van der Waals surface area contributed by atoms with Crippen LogP contribution in [-0.4, -0.2) is 14.3 Å². The summed E-state index contributed by atoms with van der Waals surface area (Å²) in [6.45, 7) is 8.22. The van der Waals surface area contributed by atoms with E-state index < -0.39 is 10.1 Å². The second kappa shape index (κ2) is 6.19. The molecule has 0 heterocycles. The van der Waals surface area contributed by atoms with Crippen LogP contribution in [0.5, 0.6) is 0 Å². The fraction of sp³-hybridized carbons (Fsp3) is 0.300. The largest absolute Gasteiger partial charge is 0.363 e. The molecule has 0 saturated heterocycles. The van der Waals surface area contributed by atoms with Gasteiger partial charge >= 0.3 is 10.1 Å². The maximum absolute atomic E-state index is 11.5. The molecule has 0 aliphatic rings. The van der Waals surface area contributed by atoms with Crippen molar-refractivity contribution in [2.45, 2.75) is 20.8 Å². The molecule has 0 aromatic carbocycles. The van der Waals surface area contributed by atoms with E-state index in [9.17, 15) is 8.42 Å². The number of hydrogen-bond donors (Lipinski definition) is 0. The molecule has 15 heavy (non-hydrogen) atoms. The molecule has 0 spiro atoms. The van der Waals surface area contributed by atoms with Gasteiger partial charge in [-0.3, -0.25) is 0 Å². The van der Waals surface area contributed by atoms with Crippen molar-refractivity contribution >= 4 is 16.0 Å². The van der Waals surface area contributed by atoms with E-state index >= 15 is 0 Å². The van der Waals surface area contributed by atoms with Crippen LogP contribution in [0.1, 0.15) is 20.8 Å². The molecule has 4 nitrogen and oxygen atoms in total. The zero-order valence-corrected chi connectivity index (χ0v) is 9.91. The molecule has 0 bridgehead atoms. The third kappa shape index (κ3) is 4.60. The molecule has 0 N–H and O–H groups in total. The smallest absolute Gasteiger partial charge is 0.340 e. The van der Waals surface area contributed by atoms with Gasteiger partial charge in [-0.2, -0.15) is 8.42 Å². The summed E-state index contributed by atoms with van der Waals surface area (Å²) in [5.74, 6) is 0.0642. The Bertz CT molecular complexity index is 402. The molecule has 0 saturated carbocycles. The van der Waals surface area contributed by atoms with Crippen molar-refractivity contribution in [1.82, 2.24) is 0 Å². The van der Waals surface area contributed by atoms with Crippen molar-refractivity contribution < 1.29 is 12.6 Å². The first-order valence-corrected chi connectivity index (χ1v) is 5.77. The Labute approximate surface area is 90.8 Å². The summed E-state index contributed by atoms with van der Waals surface area (Å²) in [6.07, 6.45) is 5.75. The standard InChI is InChI=1S/C10H15NO3S/c1-5-8-11-9(4)14-15(12,13)10(6-2)7-3/h5-8H,2H2,1,3-4H3/b8-5-,10-7+,11-9?. The van der Waals surface area contributed by atoms with Crippen LogP contribution in [-0.2, 0) is 14.3 Å². The summed E-state index contributed by atoms with van der Waals surface area (Å²) in [6, 6.07) is 0. The molecular weight excluding hydrogens is 214 g/mol. The lowest BCUT2D eigenvalue weighted by atomic mass is 10.5. The summed E-state index contributed by atoms with van der Waals surface area (Å²) in [4.78, 5) is 3.78. The summed E-state index contributed by atoms with van der Waals surface area (Å²) >= 11 is 0. The normalized spacial score (nSPS) is 14.3. The van der Waals surface area contributed by atoms with E-state index in [2.05, 4.69) is 11.6 Å². The molecule has 0 radical (unpaired) electrons. The average molecular weight is 229 g/mol. The van der Waals surface area contributed by atoms with Crippen LogP contribution in [0, 0.1) is 0 Å². The van der Waals surface area contributed by atoms with Gasteiger partial charge < -0.3 is 4.18 Å². The fourth-order valence-electron chi connectivity index (χ4n) is 0.772. The molecule has 0 aromatic rings. The topological polar surface area (TPSA) is 55.7 Å². The van der Waals surface area contributed by atoms with Crippen molar-refractivity contribution in [1.29, 1.82) is 0 Å². The van der Waals surface area contributed by atoms with Gasteiger partial charge in [0.05, 0.1) is 0 Å². The SMILES string of the molecule is C=C/C(=C\C)S(=O)(=O)OC(C)=N/C=C\C. The summed E-state index contributed by atoms with van der Waals surface area (Å²) < 4.78 is 27.7. The van der Waals surface area contributed by atoms with Crippen LogP contribution in [0.2, 0.25) is 0 Å². The first kappa shape index (κ1) is 13.6. The number of nitrogens with zero attached hydrogens (tertiary/aromatic N) is 1. The number of hydrogen-bond acceptors (Lipinski definition) is 4. The number of rotatable bonds is 4. The Kier molecular flexibility index (Phi) is 5.62. The lowest BCUT2D eigenvalue weighted by molar-refractivity contribution is 0.488. The van der Waals surface area contributed by atoms with Crippen LogP contribution in [0.25, 0.3) is 0 Å². The van der Waals surface area contributed by atoms with E-state index in [4.69, 9.17) is 4.18 Å². The molecule has 0 aliphatic carbocycles. The predicted octanol–water partition coefficient (Wildman–Crippen LogP) is 2.37. The summed E-state index contributed by atoms with van der Waals surface area (Å²) in [7, 11) is -3.77. The second-order valence-corrected chi connectivity index (χ2v) is 4.11. The monoisotopic (exact) mass is 229 g/mol. The van der Waals surface area contributed by atoms with E-state index in [0.29, 0.717) is 0 Å². The third-order valence-corrected chi connectivity index (χ3v) is 2.85. The van der Waals surface area contributed by atoms with Gasteiger partial charge in [-0.05, 0) is 19.9 Å². The molecule has 0 unspecified atom stereocenters. The Hall–Kier alpha value is -1.36. The Morgan fingerprint density at radius 1 is 1.40 bits per heavy atom. The van der Waals surface area contributed by atoms with E-state index in [1.807, 2.05) is 0 Å². The van der Waals surface area contributed by atoms with Gasteiger partial charge in [-0.25, -0.2) is 4.99 Å². The van der Waals surface area contributed by atoms with Crippen LogP contribution in [0.15, 0.2) is 40.9 Å². The zero-order valence-electron chi connectivity index (χ0n) is 9.10. The quantitative estimate of drug-likeness (QED) is 0.322. The fourth-order valence-corrected chi connectivity index (χ4v) is 1.72. The number of allylic oxidation sites excluding steroid dienone is 3. The minimum Gasteiger partial charge on any atom is -0.363 e. The van der Waals surface area contributed by atoms with Gasteiger partial charge in [0.15, 0.2) is 0 Å². The highest BCUT2D eigenvalue weighted by Crippen LogP contribution is 2.10. The molecule has 84 valence electrons. The predicted molar refractivity (Wildman–Crippen MR) is 61.9 cm³/mol. The van der Waals surface area contributed by atoms with Crippen molar-refractivity contribution in [3.8, 4) is 0 Å². The van der Waals surface area contributed by atoms with Gasteiger partial charge in [0.25, 0.3) is 0 Å². The van der Waals surface area contributed by atoms with Crippen molar-refractivity contribution in [2.24, 2.45) is 4.99 Å². The molecule has 0 amide bonds. The van der Waals surface area contributed by atoms with Crippen LogP contribution >= 0.6 is 0 Å². The van der Waals surface area contributed by atoms with Gasteiger partial charge in [-0.15, -0.1) is 0 Å². The zero-order chi connectivity index (χ0) is 11.9. The minimum absolute atomic E-state index is 0.0255. The molecule has 5 heteroatoms. The van der Waals surface area contributed by atoms with Crippen LogP contribution in [0.4, 0.5) is 0 Å². The van der Waals surface area contributed by atoms with E-state index in [-0.39, 0.29) is 10.8 Å². The van der Waals surface area contributed by atoms with E-state index in [0.717, 1.165) is 0 Å². The Morgan fingerprint density at radius 3 is 2.40 bits per heavy atom. The van der Waals surface area contributed by atoms with E-state index in [1.165, 1.54) is 25.3 Å². The molecular formula is C10H15NO3S. The maximum Gasteiger partial charge on any atom is 0.340 e. The lowest BCUT2D eigenvalue weighted by Crippen LogP contribution is -2.11. The van der Waals surface area contributed by atoms with Gasteiger partial charge in [0, 0.05) is 13.1 Å². The minimum atomic E-state index is -3.77. The summed E-state index contributed by atoms with van der Waals surface area (Å²) in [5.41, 5.74) is 0. The van der Waals surface area contributed by atoms with Gasteiger partial charge in [0.2, 0.25) is 5.90 Å². The van der Waals surface area contributed by atoms with Gasteiger partial charge in [-0.1, -0.05) is 18.7 Å². The Morgan fingerprint density at radius 2 is 2.00 bits per heavy atom. The summed E-state index contributed by atoms with van der Waals surface area (Å²) in [5, 5.41) is 0. The highest BCUT2D eigenvalue weighted by Gasteiger charge is 2.16. The van der Waals surface area contributed by atoms with Crippen LogP contribution in [0.3, 0.4) is 0 Å². The second-order valence-electron chi connectivity index (χ2n) is 2.56. The highest BCUT2D eigenvalue weighted by atomic mass is 32.2. The van der Waals surface area contributed by atoms with Gasteiger partial charge in [0.1, 0.15) is 4.91 Å². The average Bonchev–Trinajstić information content (AvgIpc) is 2.15. The lowest BCUT2D eigenvalue weighted by Gasteiger charge is -2.05. The first-order chi connectivity index (χ1) is 6.97. The molecule has 0 fully saturated rings. The maximum atomic E-state index is 11.5. The van der Waals surface area contributed by atoms with Crippen molar-refractivity contribution in [3.63, 3.8) is 0 Å². The van der Waals surface area contributed by atoms with Crippen molar-refractivity contribution in [2.75, 3.05) is 0 Å². The first-order valence-electron chi connectivity index (χ1n) is 4.36. The number of aliphatic imine (C=N–C) groups is 1. The third-order valence-electron chi connectivity index (χ3n) is 1.41. The highest BCUT2D eigenvalue weighted by molar-refractivity contribution is 7.91. The molecule has 0 atom stereocenters. The van der Waals surface area contributed by atoms with Crippen LogP contribution < -0.4 is 0 Å².